The van der Waals surface area contributed by atoms with Gasteiger partial charge in [-0.25, -0.2) is 0 Å². The monoisotopic (exact) mass is 198 g/mol. The molecule has 3 heteroatoms. The van der Waals surface area contributed by atoms with Crippen LogP contribution in [0.5, 0.6) is 0 Å². The first-order valence-corrected chi connectivity index (χ1v) is 5.84. The van der Waals surface area contributed by atoms with Crippen molar-refractivity contribution >= 4 is 0 Å². The van der Waals surface area contributed by atoms with Gasteiger partial charge < -0.3 is 10.4 Å². The lowest BCUT2D eigenvalue weighted by Crippen LogP contribution is -2.37. The van der Waals surface area contributed by atoms with Gasteiger partial charge in [-0.3, -0.25) is 4.90 Å². The first kappa shape index (κ1) is 10.4. The number of aliphatic hydroxyl groups is 1. The zero-order valence-electron chi connectivity index (χ0n) is 9.13. The fraction of sp³-hybridized carbons (Fsp3) is 1.00. The average molecular weight is 198 g/mol. The second-order valence-corrected chi connectivity index (χ2v) is 5.05. The van der Waals surface area contributed by atoms with Crippen molar-refractivity contribution in [3.05, 3.63) is 0 Å². The lowest BCUT2D eigenvalue weighted by molar-refractivity contribution is 0.0609. The van der Waals surface area contributed by atoms with E-state index >= 15 is 0 Å². The topological polar surface area (TPSA) is 35.5 Å². The Hall–Kier alpha value is -0.120. The summed E-state index contributed by atoms with van der Waals surface area (Å²) >= 11 is 0. The zero-order valence-corrected chi connectivity index (χ0v) is 9.13. The third-order valence-corrected chi connectivity index (χ3v) is 3.54. The van der Waals surface area contributed by atoms with Crippen LogP contribution in [0.1, 0.15) is 32.6 Å². The molecule has 0 spiro atoms. The van der Waals surface area contributed by atoms with Crippen molar-refractivity contribution < 1.29 is 5.11 Å². The Bertz CT molecular complexity index is 183. The van der Waals surface area contributed by atoms with Crippen molar-refractivity contribution in [1.82, 2.24) is 10.2 Å². The maximum Gasteiger partial charge on any atom is 0.0758 e. The van der Waals surface area contributed by atoms with Crippen LogP contribution in [0.15, 0.2) is 0 Å². The van der Waals surface area contributed by atoms with Gasteiger partial charge in [0.25, 0.3) is 0 Å². The van der Waals surface area contributed by atoms with Gasteiger partial charge >= 0.3 is 0 Å². The van der Waals surface area contributed by atoms with Crippen LogP contribution >= 0.6 is 0 Å². The molecule has 0 aromatic rings. The number of rotatable bonds is 1. The highest BCUT2D eigenvalue weighted by molar-refractivity contribution is 4.90. The molecular formula is C11H22N2O. The molecule has 0 aromatic carbocycles. The number of hydrogen-bond donors (Lipinski definition) is 2. The summed E-state index contributed by atoms with van der Waals surface area (Å²) < 4.78 is 0. The van der Waals surface area contributed by atoms with E-state index in [1.165, 1.54) is 25.8 Å². The Kier molecular flexibility index (Phi) is 3.10. The normalized spacial score (nSPS) is 41.1. The predicted octanol–water partition coefficient (Wildman–Crippen LogP) is 0.585. The summed E-state index contributed by atoms with van der Waals surface area (Å²) in [4.78, 5) is 2.48. The van der Waals surface area contributed by atoms with Gasteiger partial charge in [0, 0.05) is 19.1 Å². The van der Waals surface area contributed by atoms with E-state index in [1.54, 1.807) is 0 Å². The largest absolute Gasteiger partial charge is 0.389 e. The second kappa shape index (κ2) is 4.17. The van der Waals surface area contributed by atoms with Gasteiger partial charge in [0.1, 0.15) is 0 Å². The number of likely N-dealkylation sites (tertiary alicyclic amines) is 1. The van der Waals surface area contributed by atoms with Gasteiger partial charge in [-0.2, -0.15) is 0 Å². The van der Waals surface area contributed by atoms with Crippen molar-refractivity contribution in [2.75, 3.05) is 26.2 Å². The van der Waals surface area contributed by atoms with Crippen LogP contribution in [0.3, 0.4) is 0 Å². The van der Waals surface area contributed by atoms with Crippen molar-refractivity contribution in [3.8, 4) is 0 Å². The summed E-state index contributed by atoms with van der Waals surface area (Å²) in [7, 11) is 0. The van der Waals surface area contributed by atoms with E-state index in [1.807, 2.05) is 6.92 Å². The molecule has 0 radical (unpaired) electrons. The van der Waals surface area contributed by atoms with E-state index in [0.717, 1.165) is 26.1 Å². The Morgan fingerprint density at radius 3 is 2.93 bits per heavy atom. The number of nitrogens with zero attached hydrogens (tertiary/aromatic N) is 1. The lowest BCUT2D eigenvalue weighted by atomic mass is 10.1. The van der Waals surface area contributed by atoms with Crippen LogP contribution in [0, 0.1) is 0 Å². The maximum absolute atomic E-state index is 9.91. The Morgan fingerprint density at radius 1 is 1.36 bits per heavy atom. The molecule has 2 saturated heterocycles. The van der Waals surface area contributed by atoms with Gasteiger partial charge in [-0.15, -0.1) is 0 Å². The Morgan fingerprint density at radius 2 is 2.21 bits per heavy atom. The highest BCUT2D eigenvalue weighted by atomic mass is 16.3. The highest BCUT2D eigenvalue weighted by Crippen LogP contribution is 2.25. The zero-order chi connectivity index (χ0) is 10.0. The van der Waals surface area contributed by atoms with Crippen LogP contribution < -0.4 is 5.32 Å². The van der Waals surface area contributed by atoms with Crippen molar-refractivity contribution in [2.24, 2.45) is 0 Å². The molecule has 82 valence electrons. The highest BCUT2D eigenvalue weighted by Gasteiger charge is 2.34. The SMILES string of the molecule is CC1(O)CCN(C2CCCNCC2)C1. The molecule has 2 aliphatic rings. The van der Waals surface area contributed by atoms with E-state index in [-0.39, 0.29) is 0 Å². The number of nitrogens with one attached hydrogen (secondary N) is 1. The average Bonchev–Trinajstić information content (AvgIpc) is 2.42. The van der Waals surface area contributed by atoms with Gasteiger partial charge in [-0.05, 0) is 45.7 Å². The summed E-state index contributed by atoms with van der Waals surface area (Å²) in [6.45, 7) is 6.22. The standard InChI is InChI=1S/C11H22N2O/c1-11(14)5-8-13(9-11)10-3-2-6-12-7-4-10/h10,12,14H,2-9H2,1H3. The van der Waals surface area contributed by atoms with Gasteiger partial charge in [-0.1, -0.05) is 0 Å². The molecule has 2 atom stereocenters. The molecule has 2 fully saturated rings. The molecule has 0 amide bonds. The van der Waals surface area contributed by atoms with E-state index in [9.17, 15) is 5.11 Å². The molecule has 2 N–H and O–H groups in total. The fourth-order valence-electron chi connectivity index (χ4n) is 2.66. The summed E-state index contributed by atoms with van der Waals surface area (Å²) in [5.74, 6) is 0. The summed E-state index contributed by atoms with van der Waals surface area (Å²) in [5.41, 5.74) is -0.431. The van der Waals surface area contributed by atoms with Crippen LogP contribution in [-0.4, -0.2) is 47.8 Å². The molecular weight excluding hydrogens is 176 g/mol. The van der Waals surface area contributed by atoms with E-state index in [2.05, 4.69) is 10.2 Å². The van der Waals surface area contributed by atoms with Crippen molar-refractivity contribution in [1.29, 1.82) is 0 Å². The molecule has 2 rings (SSSR count). The van der Waals surface area contributed by atoms with Crippen LogP contribution in [-0.2, 0) is 0 Å². The molecule has 3 nitrogen and oxygen atoms in total. The molecule has 0 aliphatic carbocycles. The lowest BCUT2D eigenvalue weighted by Gasteiger charge is -2.27. The molecule has 0 bridgehead atoms. The fourth-order valence-corrected chi connectivity index (χ4v) is 2.66. The quantitative estimate of drug-likeness (QED) is 0.647. The summed E-state index contributed by atoms with van der Waals surface area (Å²) in [6.07, 6.45) is 4.76. The molecule has 14 heavy (non-hydrogen) atoms. The first-order valence-electron chi connectivity index (χ1n) is 5.84. The number of hydrogen-bond acceptors (Lipinski definition) is 3. The van der Waals surface area contributed by atoms with E-state index in [0.29, 0.717) is 6.04 Å². The van der Waals surface area contributed by atoms with Gasteiger partial charge in [0.2, 0.25) is 0 Å². The van der Waals surface area contributed by atoms with Crippen LogP contribution in [0.25, 0.3) is 0 Å². The smallest absolute Gasteiger partial charge is 0.0758 e. The van der Waals surface area contributed by atoms with Crippen LogP contribution in [0.4, 0.5) is 0 Å². The number of β-amino-alcohol motifs (C(OH)–C–C–N with tert-alkyl or cyclic N) is 1. The predicted molar refractivity (Wildman–Crippen MR) is 57.3 cm³/mol. The minimum Gasteiger partial charge on any atom is -0.389 e. The summed E-state index contributed by atoms with van der Waals surface area (Å²) in [5, 5.41) is 13.3. The molecule has 2 unspecified atom stereocenters. The van der Waals surface area contributed by atoms with Crippen molar-refractivity contribution in [2.45, 2.75) is 44.2 Å². The van der Waals surface area contributed by atoms with Crippen molar-refractivity contribution in [3.63, 3.8) is 0 Å². The molecule has 0 saturated carbocycles. The molecule has 0 aromatic heterocycles. The first-order chi connectivity index (χ1) is 6.67. The summed E-state index contributed by atoms with van der Waals surface area (Å²) in [6, 6.07) is 0.707. The minimum absolute atomic E-state index is 0.431. The Labute approximate surface area is 86.5 Å². The molecule has 2 aliphatic heterocycles. The maximum atomic E-state index is 9.91. The second-order valence-electron chi connectivity index (χ2n) is 5.05. The van der Waals surface area contributed by atoms with E-state index in [4.69, 9.17) is 0 Å². The van der Waals surface area contributed by atoms with Gasteiger partial charge in [0.05, 0.1) is 5.60 Å². The third-order valence-electron chi connectivity index (χ3n) is 3.54. The third kappa shape index (κ3) is 2.47. The molecule has 2 heterocycles. The Balaban J connectivity index is 1.88. The van der Waals surface area contributed by atoms with Gasteiger partial charge in [0.15, 0.2) is 0 Å². The van der Waals surface area contributed by atoms with Crippen LogP contribution in [0.2, 0.25) is 0 Å². The minimum atomic E-state index is -0.431. The van der Waals surface area contributed by atoms with E-state index < -0.39 is 5.60 Å².